The first-order valence-corrected chi connectivity index (χ1v) is 5.71. The average Bonchev–Trinajstić information content (AvgIpc) is 2.92. The number of hydrogen-bond donors (Lipinski definition) is 2. The Morgan fingerprint density at radius 3 is 3.00 bits per heavy atom. The molecule has 0 unspecified atom stereocenters. The zero-order valence-electron chi connectivity index (χ0n) is 9.27. The maximum Gasteiger partial charge on any atom is 0.163 e. The summed E-state index contributed by atoms with van der Waals surface area (Å²) in [6.07, 6.45) is 5.76. The summed E-state index contributed by atoms with van der Waals surface area (Å²) in [6, 6.07) is -0.0490. The summed E-state index contributed by atoms with van der Waals surface area (Å²) >= 11 is 0. The first-order valence-electron chi connectivity index (χ1n) is 5.71. The molecule has 0 bridgehead atoms. The lowest BCUT2D eigenvalue weighted by Gasteiger charge is -2.16. The van der Waals surface area contributed by atoms with Crippen LogP contribution in [-0.2, 0) is 0 Å². The molecule has 0 aromatic carbocycles. The monoisotopic (exact) mass is 234 g/mol. The molecule has 6 heteroatoms. The lowest BCUT2D eigenvalue weighted by molar-refractivity contribution is 0.132. The van der Waals surface area contributed by atoms with Crippen LogP contribution in [0.2, 0.25) is 0 Å². The second-order valence-electron chi connectivity index (χ2n) is 4.54. The molecule has 17 heavy (non-hydrogen) atoms. The highest BCUT2D eigenvalue weighted by Crippen LogP contribution is 2.35. The van der Waals surface area contributed by atoms with Gasteiger partial charge in [-0.3, -0.25) is 0 Å². The van der Waals surface area contributed by atoms with Crippen LogP contribution in [0.5, 0.6) is 0 Å². The van der Waals surface area contributed by atoms with Gasteiger partial charge in [0.2, 0.25) is 0 Å². The van der Waals surface area contributed by atoms with Crippen molar-refractivity contribution in [3.63, 3.8) is 0 Å². The smallest absolute Gasteiger partial charge is 0.163 e. The Kier molecular flexibility index (Phi) is 2.53. The van der Waals surface area contributed by atoms with Crippen molar-refractivity contribution in [3.05, 3.63) is 18.9 Å². The summed E-state index contributed by atoms with van der Waals surface area (Å²) in [6.45, 7) is 0.120. The summed E-state index contributed by atoms with van der Waals surface area (Å²) in [7, 11) is 0. The number of aliphatic hydroxyl groups excluding tert-OH is 2. The second-order valence-corrected chi connectivity index (χ2v) is 4.54. The Balaban J connectivity index is 1.99. The fourth-order valence-corrected chi connectivity index (χ4v) is 2.57. The molecule has 1 fully saturated rings. The van der Waals surface area contributed by atoms with Crippen molar-refractivity contribution >= 4 is 11.2 Å². The van der Waals surface area contributed by atoms with Gasteiger partial charge in [0, 0.05) is 6.61 Å². The molecule has 1 saturated carbocycles. The number of rotatable bonds is 2. The third kappa shape index (κ3) is 1.69. The summed E-state index contributed by atoms with van der Waals surface area (Å²) in [5.74, 6) is 0.161. The van der Waals surface area contributed by atoms with Crippen molar-refractivity contribution < 1.29 is 10.2 Å². The molecule has 0 saturated heterocycles. The zero-order valence-corrected chi connectivity index (χ0v) is 9.27. The van der Waals surface area contributed by atoms with E-state index < -0.39 is 6.10 Å². The Morgan fingerprint density at radius 2 is 2.24 bits per heavy atom. The summed E-state index contributed by atoms with van der Waals surface area (Å²) in [4.78, 5) is 12.3. The van der Waals surface area contributed by atoms with E-state index in [0.717, 1.165) is 17.6 Å². The summed E-state index contributed by atoms with van der Waals surface area (Å²) in [5, 5.41) is 19.2. The summed E-state index contributed by atoms with van der Waals surface area (Å²) in [5.41, 5.74) is 1.47. The van der Waals surface area contributed by atoms with E-state index in [4.69, 9.17) is 5.11 Å². The number of fused-ring (bicyclic) bond motifs is 1. The highest BCUT2D eigenvalue weighted by Gasteiger charge is 2.34. The summed E-state index contributed by atoms with van der Waals surface area (Å²) < 4.78 is 1.89. The number of nitrogens with zero attached hydrogens (tertiary/aromatic N) is 4. The molecule has 3 rings (SSSR count). The van der Waals surface area contributed by atoms with E-state index >= 15 is 0 Å². The fraction of sp³-hybridized carbons (Fsp3) is 0.545. The van der Waals surface area contributed by atoms with E-state index in [1.165, 1.54) is 6.33 Å². The zero-order chi connectivity index (χ0) is 11.8. The van der Waals surface area contributed by atoms with Gasteiger partial charge in [0.15, 0.2) is 5.65 Å². The Labute approximate surface area is 98.0 Å². The van der Waals surface area contributed by atoms with E-state index in [-0.39, 0.29) is 18.6 Å². The number of imidazole rings is 1. The minimum Gasteiger partial charge on any atom is -0.396 e. The van der Waals surface area contributed by atoms with Gasteiger partial charge in [-0.1, -0.05) is 0 Å². The largest absolute Gasteiger partial charge is 0.396 e. The minimum atomic E-state index is -0.445. The van der Waals surface area contributed by atoms with Crippen LogP contribution in [0.25, 0.3) is 11.2 Å². The van der Waals surface area contributed by atoms with E-state index in [1.54, 1.807) is 12.5 Å². The maximum absolute atomic E-state index is 10.0. The topological polar surface area (TPSA) is 84.1 Å². The van der Waals surface area contributed by atoms with Gasteiger partial charge >= 0.3 is 0 Å². The van der Waals surface area contributed by atoms with Gasteiger partial charge in [-0.25, -0.2) is 15.0 Å². The van der Waals surface area contributed by atoms with E-state index in [2.05, 4.69) is 15.0 Å². The van der Waals surface area contributed by atoms with Gasteiger partial charge in [-0.2, -0.15) is 0 Å². The second kappa shape index (κ2) is 4.05. The molecular weight excluding hydrogens is 220 g/mol. The first kappa shape index (κ1) is 10.6. The molecule has 2 aromatic heterocycles. The van der Waals surface area contributed by atoms with Gasteiger partial charge in [0.1, 0.15) is 11.8 Å². The highest BCUT2D eigenvalue weighted by atomic mass is 16.3. The number of aromatic nitrogens is 4. The van der Waals surface area contributed by atoms with Crippen LogP contribution in [0, 0.1) is 5.92 Å². The Hall–Kier alpha value is -1.53. The lowest BCUT2D eigenvalue weighted by Crippen LogP contribution is -2.17. The van der Waals surface area contributed by atoms with Gasteiger partial charge in [-0.15, -0.1) is 0 Å². The Morgan fingerprint density at radius 1 is 1.35 bits per heavy atom. The molecule has 0 radical (unpaired) electrons. The average molecular weight is 234 g/mol. The highest BCUT2D eigenvalue weighted by molar-refractivity contribution is 5.69. The molecule has 90 valence electrons. The number of aliphatic hydroxyl groups is 2. The standard InChI is InChI=1S/C11H14N4O2/c16-4-7-1-9(10(17)2-7)15-6-14-8-3-12-5-13-11(8)15/h3,5-7,9-10,16-17H,1-2,4H2/t7-,9+,10+/m0/s1. The van der Waals surface area contributed by atoms with Crippen molar-refractivity contribution in [2.45, 2.75) is 25.0 Å². The molecule has 2 aromatic rings. The van der Waals surface area contributed by atoms with Crippen LogP contribution in [-0.4, -0.2) is 42.4 Å². The van der Waals surface area contributed by atoms with Gasteiger partial charge < -0.3 is 14.8 Å². The van der Waals surface area contributed by atoms with Crippen molar-refractivity contribution in [2.24, 2.45) is 5.92 Å². The van der Waals surface area contributed by atoms with E-state index in [0.29, 0.717) is 6.42 Å². The van der Waals surface area contributed by atoms with Crippen molar-refractivity contribution in [3.8, 4) is 0 Å². The molecule has 1 aliphatic rings. The van der Waals surface area contributed by atoms with Crippen LogP contribution in [0.1, 0.15) is 18.9 Å². The normalized spacial score (nSPS) is 28.9. The first-order chi connectivity index (χ1) is 8.29. The van der Waals surface area contributed by atoms with Crippen LogP contribution >= 0.6 is 0 Å². The molecule has 1 aliphatic carbocycles. The van der Waals surface area contributed by atoms with Crippen LogP contribution in [0.15, 0.2) is 18.9 Å². The Bertz CT molecular complexity index is 527. The maximum atomic E-state index is 10.0. The van der Waals surface area contributed by atoms with Crippen molar-refractivity contribution in [1.29, 1.82) is 0 Å². The third-order valence-electron chi connectivity index (χ3n) is 3.45. The fourth-order valence-electron chi connectivity index (χ4n) is 2.57. The molecule has 0 aliphatic heterocycles. The quantitative estimate of drug-likeness (QED) is 0.771. The molecular formula is C11H14N4O2. The molecule has 6 nitrogen and oxygen atoms in total. The predicted octanol–water partition coefficient (Wildman–Crippen LogP) is 0.131. The van der Waals surface area contributed by atoms with E-state index in [1.807, 2.05) is 4.57 Å². The van der Waals surface area contributed by atoms with E-state index in [9.17, 15) is 5.11 Å². The van der Waals surface area contributed by atoms with Crippen molar-refractivity contribution in [2.75, 3.05) is 6.61 Å². The third-order valence-corrected chi connectivity index (χ3v) is 3.45. The number of hydrogen-bond acceptors (Lipinski definition) is 5. The lowest BCUT2D eigenvalue weighted by atomic mass is 10.1. The minimum absolute atomic E-state index is 0.0490. The molecule has 0 spiro atoms. The van der Waals surface area contributed by atoms with Crippen molar-refractivity contribution in [1.82, 2.24) is 19.5 Å². The van der Waals surface area contributed by atoms with Gasteiger partial charge in [0.05, 0.1) is 24.7 Å². The molecule has 2 heterocycles. The van der Waals surface area contributed by atoms with Crippen LogP contribution in [0.3, 0.4) is 0 Å². The van der Waals surface area contributed by atoms with Crippen LogP contribution < -0.4 is 0 Å². The SMILES string of the molecule is OC[C@@H]1C[C@@H](O)[C@H](n2cnc3cncnc32)C1. The van der Waals surface area contributed by atoms with Gasteiger partial charge in [-0.05, 0) is 18.8 Å². The predicted molar refractivity (Wildman–Crippen MR) is 60.2 cm³/mol. The molecule has 3 atom stereocenters. The molecule has 2 N–H and O–H groups in total. The molecule has 0 amide bonds. The van der Waals surface area contributed by atoms with Gasteiger partial charge in [0.25, 0.3) is 0 Å². The van der Waals surface area contributed by atoms with Crippen LogP contribution in [0.4, 0.5) is 0 Å².